The van der Waals surface area contributed by atoms with Crippen LogP contribution in [0.1, 0.15) is 30.9 Å². The van der Waals surface area contributed by atoms with Gasteiger partial charge in [0.2, 0.25) is 0 Å². The van der Waals surface area contributed by atoms with Crippen LogP contribution in [0, 0.1) is 5.92 Å². The van der Waals surface area contributed by atoms with Gasteiger partial charge in [-0.3, -0.25) is 0 Å². The number of aromatic nitrogens is 2. The molecule has 0 amide bonds. The Balaban J connectivity index is 1.63. The van der Waals surface area contributed by atoms with Crippen molar-refractivity contribution in [3.8, 4) is 0 Å². The fourth-order valence-electron chi connectivity index (χ4n) is 3.01. The molecule has 1 aliphatic heterocycles. The summed E-state index contributed by atoms with van der Waals surface area (Å²) in [5.74, 6) is 2.99. The summed E-state index contributed by atoms with van der Waals surface area (Å²) in [6.45, 7) is 3.19. The lowest BCUT2D eigenvalue weighted by atomic mass is 10.0. The number of aryl methyl sites for hydroxylation is 2. The standard InChI is InChI=1S/C19H23F3N2S2/c1-15-12-25-18(26-13-15,8-10-24-11-9-23-14-24)7-6-16-2-4-17(5-3-16)19(20,21)22/h2-5,9,11,14-15H,6-8,10,12-13H2,1H3. The highest BCUT2D eigenvalue weighted by molar-refractivity contribution is 8.18. The van der Waals surface area contributed by atoms with Gasteiger partial charge < -0.3 is 4.57 Å². The number of halogens is 3. The van der Waals surface area contributed by atoms with E-state index in [9.17, 15) is 13.2 Å². The second-order valence-electron chi connectivity index (χ2n) is 6.88. The lowest BCUT2D eigenvalue weighted by molar-refractivity contribution is -0.137. The van der Waals surface area contributed by atoms with Crippen molar-refractivity contribution < 1.29 is 13.2 Å². The van der Waals surface area contributed by atoms with Gasteiger partial charge in [0.1, 0.15) is 0 Å². The topological polar surface area (TPSA) is 17.8 Å². The highest BCUT2D eigenvalue weighted by Crippen LogP contribution is 2.49. The molecule has 0 aliphatic carbocycles. The van der Waals surface area contributed by atoms with Gasteiger partial charge in [0.15, 0.2) is 0 Å². The number of hydrogen-bond donors (Lipinski definition) is 0. The van der Waals surface area contributed by atoms with E-state index in [1.54, 1.807) is 18.3 Å². The van der Waals surface area contributed by atoms with Crippen LogP contribution in [-0.4, -0.2) is 25.1 Å². The van der Waals surface area contributed by atoms with Crippen molar-refractivity contribution in [2.24, 2.45) is 5.92 Å². The summed E-state index contributed by atoms with van der Waals surface area (Å²) in [5, 5.41) is 0. The lowest BCUT2D eigenvalue weighted by Crippen LogP contribution is -2.30. The molecule has 0 radical (unpaired) electrons. The van der Waals surface area contributed by atoms with E-state index in [2.05, 4.69) is 16.5 Å². The molecule has 0 bridgehead atoms. The highest BCUT2D eigenvalue weighted by atomic mass is 32.2. The Morgan fingerprint density at radius 1 is 1.15 bits per heavy atom. The molecular formula is C19H23F3N2S2. The largest absolute Gasteiger partial charge is 0.416 e. The third-order valence-electron chi connectivity index (χ3n) is 4.65. The van der Waals surface area contributed by atoms with Gasteiger partial charge in [0.05, 0.1) is 16.0 Å². The van der Waals surface area contributed by atoms with Crippen LogP contribution in [0.2, 0.25) is 0 Å². The molecule has 1 aromatic carbocycles. The zero-order chi connectivity index (χ0) is 18.6. The Labute approximate surface area is 161 Å². The maximum atomic E-state index is 12.7. The SMILES string of the molecule is CC1CSC(CCc2ccc(C(F)(F)F)cc2)(CCn2ccnc2)SC1. The first-order valence-electron chi connectivity index (χ1n) is 8.76. The third kappa shape index (κ3) is 5.22. The highest BCUT2D eigenvalue weighted by Gasteiger charge is 2.35. The average Bonchev–Trinajstić information content (AvgIpc) is 3.14. The maximum absolute atomic E-state index is 12.7. The van der Waals surface area contributed by atoms with Gasteiger partial charge >= 0.3 is 6.18 Å². The van der Waals surface area contributed by atoms with E-state index in [0.29, 0.717) is 5.92 Å². The first kappa shape index (κ1) is 19.7. The van der Waals surface area contributed by atoms with Crippen LogP contribution in [0.5, 0.6) is 0 Å². The fraction of sp³-hybridized carbons (Fsp3) is 0.526. The molecule has 1 aromatic heterocycles. The monoisotopic (exact) mass is 400 g/mol. The number of thioether (sulfide) groups is 2. The summed E-state index contributed by atoms with van der Waals surface area (Å²) < 4.78 is 40.4. The van der Waals surface area contributed by atoms with Crippen LogP contribution in [0.25, 0.3) is 0 Å². The zero-order valence-electron chi connectivity index (χ0n) is 14.7. The molecule has 0 atom stereocenters. The first-order chi connectivity index (χ1) is 12.4. The quantitative estimate of drug-likeness (QED) is 0.616. The van der Waals surface area contributed by atoms with Gasteiger partial charge in [-0.15, -0.1) is 23.5 Å². The van der Waals surface area contributed by atoms with Crippen LogP contribution in [0.15, 0.2) is 43.0 Å². The smallest absolute Gasteiger partial charge is 0.337 e. The summed E-state index contributed by atoms with van der Waals surface area (Å²) in [7, 11) is 0. The molecule has 1 saturated heterocycles. The second-order valence-corrected chi connectivity index (χ2v) is 9.95. The molecule has 1 fully saturated rings. The van der Waals surface area contributed by atoms with Gasteiger partial charge in [-0.1, -0.05) is 19.1 Å². The normalized spacial score (nSPS) is 23.9. The third-order valence-corrected chi connectivity index (χ3v) is 8.69. The van der Waals surface area contributed by atoms with Crippen molar-refractivity contribution in [1.29, 1.82) is 0 Å². The number of imidazole rings is 1. The molecule has 142 valence electrons. The van der Waals surface area contributed by atoms with Crippen molar-refractivity contribution in [3.05, 3.63) is 54.1 Å². The summed E-state index contributed by atoms with van der Waals surface area (Å²) in [6.07, 6.45) is 4.14. The van der Waals surface area contributed by atoms with Gasteiger partial charge in [0.25, 0.3) is 0 Å². The number of nitrogens with zero attached hydrogens (tertiary/aromatic N) is 2. The number of alkyl halides is 3. The van der Waals surface area contributed by atoms with Crippen LogP contribution in [-0.2, 0) is 19.1 Å². The maximum Gasteiger partial charge on any atom is 0.416 e. The number of benzene rings is 1. The number of rotatable bonds is 6. The molecule has 2 aromatic rings. The Morgan fingerprint density at radius 2 is 1.85 bits per heavy atom. The second kappa shape index (κ2) is 8.30. The summed E-state index contributed by atoms with van der Waals surface area (Å²) in [5.41, 5.74) is 0.395. The Kier molecular flexibility index (Phi) is 6.28. The van der Waals surface area contributed by atoms with Crippen molar-refractivity contribution in [2.45, 2.75) is 43.0 Å². The van der Waals surface area contributed by atoms with Gasteiger partial charge in [-0.2, -0.15) is 13.2 Å². The van der Waals surface area contributed by atoms with E-state index in [-0.39, 0.29) is 4.08 Å². The van der Waals surface area contributed by atoms with Crippen molar-refractivity contribution in [1.82, 2.24) is 9.55 Å². The van der Waals surface area contributed by atoms with Crippen molar-refractivity contribution in [2.75, 3.05) is 11.5 Å². The molecule has 26 heavy (non-hydrogen) atoms. The molecule has 2 nitrogen and oxygen atoms in total. The molecule has 2 heterocycles. The van der Waals surface area contributed by atoms with Crippen molar-refractivity contribution in [3.63, 3.8) is 0 Å². The summed E-state index contributed by atoms with van der Waals surface area (Å²) >= 11 is 4.03. The van der Waals surface area contributed by atoms with E-state index in [1.165, 1.54) is 12.1 Å². The van der Waals surface area contributed by atoms with E-state index in [0.717, 1.165) is 42.9 Å². The molecule has 0 spiro atoms. The lowest BCUT2D eigenvalue weighted by Gasteiger charge is -2.38. The average molecular weight is 401 g/mol. The van der Waals surface area contributed by atoms with Crippen LogP contribution in [0.4, 0.5) is 13.2 Å². The summed E-state index contributed by atoms with van der Waals surface area (Å²) in [6, 6.07) is 5.62. The number of hydrogen-bond acceptors (Lipinski definition) is 3. The molecule has 3 rings (SSSR count). The molecule has 0 unspecified atom stereocenters. The van der Waals surface area contributed by atoms with Crippen LogP contribution < -0.4 is 0 Å². The van der Waals surface area contributed by atoms with Gasteiger partial charge in [0, 0.05) is 18.9 Å². The minimum Gasteiger partial charge on any atom is -0.337 e. The molecule has 7 heteroatoms. The molecule has 0 saturated carbocycles. The van der Waals surface area contributed by atoms with Crippen LogP contribution >= 0.6 is 23.5 Å². The van der Waals surface area contributed by atoms with Crippen molar-refractivity contribution >= 4 is 23.5 Å². The first-order valence-corrected chi connectivity index (χ1v) is 10.7. The van der Waals surface area contributed by atoms with Gasteiger partial charge in [-0.25, -0.2) is 4.98 Å². The Morgan fingerprint density at radius 3 is 2.42 bits per heavy atom. The van der Waals surface area contributed by atoms with E-state index in [4.69, 9.17) is 0 Å². The minimum atomic E-state index is -4.27. The van der Waals surface area contributed by atoms with Gasteiger partial charge in [-0.05, 0) is 54.4 Å². The molecule has 1 aliphatic rings. The molecular weight excluding hydrogens is 377 g/mol. The Bertz CT molecular complexity index is 676. The Hall–Kier alpha value is -1.08. The zero-order valence-corrected chi connectivity index (χ0v) is 16.3. The molecule has 0 N–H and O–H groups in total. The van der Waals surface area contributed by atoms with E-state index >= 15 is 0 Å². The fourth-order valence-corrected chi connectivity index (χ4v) is 6.27. The minimum absolute atomic E-state index is 0.124. The van der Waals surface area contributed by atoms with E-state index < -0.39 is 11.7 Å². The van der Waals surface area contributed by atoms with Crippen LogP contribution in [0.3, 0.4) is 0 Å². The predicted molar refractivity (Wildman–Crippen MR) is 103 cm³/mol. The van der Waals surface area contributed by atoms with E-state index in [1.807, 2.05) is 36.0 Å². The predicted octanol–water partition coefficient (Wildman–Crippen LogP) is 5.74. The summed E-state index contributed by atoms with van der Waals surface area (Å²) in [4.78, 5) is 4.10.